The molecule has 0 saturated heterocycles. The summed E-state index contributed by atoms with van der Waals surface area (Å²) in [5.74, 6) is 2.31. The molecule has 1 N–H and O–H groups in total. The van der Waals surface area contributed by atoms with Crippen LogP contribution in [-0.4, -0.2) is 23.6 Å². The smallest absolute Gasteiger partial charge is 0.0740 e. The van der Waals surface area contributed by atoms with Crippen molar-refractivity contribution in [3.8, 4) is 0 Å². The highest BCUT2D eigenvalue weighted by Gasteiger charge is 1.86. The molecule has 0 radical (unpaired) electrons. The molecule has 40 valence electrons. The molecule has 0 aliphatic heterocycles. The molecular formula is C5H9NO. The van der Waals surface area contributed by atoms with E-state index < -0.39 is 0 Å². The standard InChI is InChI=1S/C5H9NO/c1-3-6-4-5(2)7/h5,7H,1,4H2,2H3. The first kappa shape index (κ1) is 6.41. The highest BCUT2D eigenvalue weighted by atomic mass is 16.3. The average Bonchev–Trinajstić information content (AvgIpc) is 1.61. The molecule has 0 aromatic carbocycles. The summed E-state index contributed by atoms with van der Waals surface area (Å²) in [6.07, 6.45) is -0.366. The zero-order valence-corrected chi connectivity index (χ0v) is 4.39. The Morgan fingerprint density at radius 2 is 2.57 bits per heavy atom. The molecule has 0 heterocycles. The van der Waals surface area contributed by atoms with Gasteiger partial charge in [0.1, 0.15) is 0 Å². The van der Waals surface area contributed by atoms with E-state index in [9.17, 15) is 0 Å². The van der Waals surface area contributed by atoms with Gasteiger partial charge < -0.3 is 5.11 Å². The molecule has 2 heteroatoms. The molecule has 0 aliphatic carbocycles. The SMILES string of the molecule is C=C=NCC(C)O. The molecule has 0 amide bonds. The lowest BCUT2D eigenvalue weighted by Gasteiger charge is -1.91. The minimum Gasteiger partial charge on any atom is -0.391 e. The lowest BCUT2D eigenvalue weighted by molar-refractivity contribution is 0.204. The van der Waals surface area contributed by atoms with Gasteiger partial charge in [-0.25, -0.2) is 4.99 Å². The number of hydrogen-bond acceptors (Lipinski definition) is 2. The fourth-order valence-corrected chi connectivity index (χ4v) is 0.197. The largest absolute Gasteiger partial charge is 0.391 e. The third-order valence-electron chi connectivity index (χ3n) is 0.467. The van der Waals surface area contributed by atoms with Crippen LogP contribution in [0.5, 0.6) is 0 Å². The van der Waals surface area contributed by atoms with E-state index in [2.05, 4.69) is 17.4 Å². The summed E-state index contributed by atoms with van der Waals surface area (Å²) >= 11 is 0. The van der Waals surface area contributed by atoms with E-state index >= 15 is 0 Å². The molecule has 0 fully saturated rings. The Balaban J connectivity index is 3.13. The van der Waals surface area contributed by atoms with Gasteiger partial charge in [-0.3, -0.25) is 0 Å². The Hall–Kier alpha value is -0.590. The average molecular weight is 99.1 g/mol. The van der Waals surface area contributed by atoms with E-state index in [0.717, 1.165) is 0 Å². The predicted octanol–water partition coefficient (Wildman–Crippen LogP) is 0.223. The molecule has 0 aromatic heterocycles. The van der Waals surface area contributed by atoms with E-state index in [1.807, 2.05) is 0 Å². The summed E-state index contributed by atoms with van der Waals surface area (Å²) in [6, 6.07) is 0. The summed E-state index contributed by atoms with van der Waals surface area (Å²) in [5.41, 5.74) is 0. The summed E-state index contributed by atoms with van der Waals surface area (Å²) in [7, 11) is 0. The summed E-state index contributed by atoms with van der Waals surface area (Å²) in [5, 5.41) is 8.52. The van der Waals surface area contributed by atoms with Crippen molar-refractivity contribution in [1.29, 1.82) is 0 Å². The van der Waals surface area contributed by atoms with Crippen molar-refractivity contribution in [2.24, 2.45) is 4.99 Å². The van der Waals surface area contributed by atoms with Gasteiger partial charge in [0.05, 0.1) is 12.6 Å². The van der Waals surface area contributed by atoms with Crippen LogP contribution in [0.3, 0.4) is 0 Å². The van der Waals surface area contributed by atoms with Gasteiger partial charge >= 0.3 is 0 Å². The van der Waals surface area contributed by atoms with Gasteiger partial charge in [-0.05, 0) is 19.4 Å². The van der Waals surface area contributed by atoms with Crippen molar-refractivity contribution < 1.29 is 5.11 Å². The van der Waals surface area contributed by atoms with Gasteiger partial charge in [0.2, 0.25) is 0 Å². The van der Waals surface area contributed by atoms with Crippen LogP contribution in [0.4, 0.5) is 0 Å². The monoisotopic (exact) mass is 99.1 g/mol. The van der Waals surface area contributed by atoms with Gasteiger partial charge in [-0.1, -0.05) is 0 Å². The van der Waals surface area contributed by atoms with Crippen molar-refractivity contribution in [3.05, 3.63) is 6.58 Å². The van der Waals surface area contributed by atoms with E-state index in [0.29, 0.717) is 6.54 Å². The maximum Gasteiger partial charge on any atom is 0.0740 e. The first-order valence-corrected chi connectivity index (χ1v) is 2.14. The Kier molecular flexibility index (Phi) is 3.29. The fraction of sp³-hybridized carbons (Fsp3) is 0.600. The van der Waals surface area contributed by atoms with Gasteiger partial charge in [-0.15, -0.1) is 0 Å². The predicted molar refractivity (Wildman–Crippen MR) is 29.6 cm³/mol. The molecule has 1 atom stereocenters. The van der Waals surface area contributed by atoms with E-state index in [1.54, 1.807) is 6.92 Å². The van der Waals surface area contributed by atoms with Crippen LogP contribution in [0, 0.1) is 0 Å². The Bertz CT molecular complexity index is 82.1. The molecule has 0 rings (SSSR count). The Labute approximate surface area is 43.2 Å². The van der Waals surface area contributed by atoms with Crippen LogP contribution in [0.15, 0.2) is 11.6 Å². The van der Waals surface area contributed by atoms with Crippen LogP contribution >= 0.6 is 0 Å². The lowest BCUT2D eigenvalue weighted by Crippen LogP contribution is -2.02. The fourth-order valence-electron chi connectivity index (χ4n) is 0.197. The highest BCUT2D eigenvalue weighted by molar-refractivity contribution is 5.46. The molecule has 1 unspecified atom stereocenters. The van der Waals surface area contributed by atoms with E-state index in [4.69, 9.17) is 5.11 Å². The molecule has 2 nitrogen and oxygen atoms in total. The van der Waals surface area contributed by atoms with Crippen molar-refractivity contribution in [2.75, 3.05) is 6.54 Å². The molecule has 0 aliphatic rings. The van der Waals surface area contributed by atoms with Crippen LogP contribution < -0.4 is 0 Å². The quantitative estimate of drug-likeness (QED) is 0.493. The van der Waals surface area contributed by atoms with Gasteiger partial charge in [0, 0.05) is 0 Å². The maximum absolute atomic E-state index is 8.52. The number of nitrogens with zero attached hydrogens (tertiary/aromatic N) is 1. The number of hydrogen-bond donors (Lipinski definition) is 1. The van der Waals surface area contributed by atoms with E-state index in [1.165, 1.54) is 0 Å². The summed E-state index contributed by atoms with van der Waals surface area (Å²) < 4.78 is 0. The second-order valence-corrected chi connectivity index (χ2v) is 1.35. The minimum atomic E-state index is -0.366. The van der Waals surface area contributed by atoms with Crippen molar-refractivity contribution >= 4 is 5.87 Å². The number of aliphatic hydroxyl groups is 1. The third-order valence-corrected chi connectivity index (χ3v) is 0.467. The first-order chi connectivity index (χ1) is 3.27. The van der Waals surface area contributed by atoms with Crippen LogP contribution in [0.25, 0.3) is 0 Å². The van der Waals surface area contributed by atoms with Crippen molar-refractivity contribution in [1.82, 2.24) is 0 Å². The van der Waals surface area contributed by atoms with Crippen molar-refractivity contribution in [3.63, 3.8) is 0 Å². The summed E-state index contributed by atoms with van der Waals surface area (Å²) in [4.78, 5) is 3.56. The van der Waals surface area contributed by atoms with Gasteiger partial charge in [0.25, 0.3) is 0 Å². The molecule has 0 bridgehead atoms. The van der Waals surface area contributed by atoms with Gasteiger partial charge in [-0.2, -0.15) is 0 Å². The second kappa shape index (κ2) is 3.59. The zero-order chi connectivity index (χ0) is 5.70. The third kappa shape index (κ3) is 5.41. The lowest BCUT2D eigenvalue weighted by atomic mass is 10.4. The first-order valence-electron chi connectivity index (χ1n) is 2.14. The highest BCUT2D eigenvalue weighted by Crippen LogP contribution is 1.76. The molecule has 7 heavy (non-hydrogen) atoms. The Morgan fingerprint density at radius 1 is 2.00 bits per heavy atom. The van der Waals surface area contributed by atoms with Crippen LogP contribution in [0.2, 0.25) is 0 Å². The van der Waals surface area contributed by atoms with Crippen LogP contribution in [-0.2, 0) is 0 Å². The van der Waals surface area contributed by atoms with Crippen LogP contribution in [0.1, 0.15) is 6.92 Å². The number of aliphatic hydroxyl groups excluding tert-OH is 1. The molecule has 0 saturated carbocycles. The zero-order valence-electron chi connectivity index (χ0n) is 4.39. The van der Waals surface area contributed by atoms with E-state index in [-0.39, 0.29) is 6.10 Å². The molecule has 0 aromatic rings. The topological polar surface area (TPSA) is 32.6 Å². The normalized spacial score (nSPS) is 12.3. The summed E-state index contributed by atoms with van der Waals surface area (Å²) in [6.45, 7) is 5.30. The number of rotatable bonds is 2. The molecule has 0 spiro atoms. The second-order valence-electron chi connectivity index (χ2n) is 1.35. The Morgan fingerprint density at radius 3 is 2.71 bits per heavy atom. The van der Waals surface area contributed by atoms with Gasteiger partial charge in [0.15, 0.2) is 0 Å². The molecular weight excluding hydrogens is 90.1 g/mol. The minimum absolute atomic E-state index is 0.366. The number of aliphatic imine (C=N–C) groups is 1. The maximum atomic E-state index is 8.52. The van der Waals surface area contributed by atoms with Crippen molar-refractivity contribution in [2.45, 2.75) is 13.0 Å².